The molecule has 1 heterocycles. The number of aliphatic hydroxyl groups is 1. The highest BCUT2D eigenvalue weighted by Crippen LogP contribution is 2.23. The zero-order chi connectivity index (χ0) is 10.7. The standard InChI is InChI=1S/C12H14N2O/c1-14(8-9-15)11-6-2-4-10-5-3-7-13-12(10)11/h2-7,15H,8-9H2,1H3. The molecule has 2 aromatic rings. The average Bonchev–Trinajstić information content (AvgIpc) is 2.28. The minimum atomic E-state index is 0.153. The summed E-state index contributed by atoms with van der Waals surface area (Å²) in [5.41, 5.74) is 2.04. The SMILES string of the molecule is CN(CCO)c1cccc2cccnc12. The molecule has 2 rings (SSSR count). The van der Waals surface area contributed by atoms with Crippen molar-refractivity contribution >= 4 is 16.6 Å². The van der Waals surface area contributed by atoms with Crippen LogP contribution in [0.4, 0.5) is 5.69 Å². The van der Waals surface area contributed by atoms with Gasteiger partial charge in [0.25, 0.3) is 0 Å². The Kier molecular flexibility index (Phi) is 2.83. The van der Waals surface area contributed by atoms with Gasteiger partial charge in [-0.05, 0) is 12.1 Å². The highest BCUT2D eigenvalue weighted by Gasteiger charge is 2.05. The minimum Gasteiger partial charge on any atom is -0.395 e. The molecule has 0 amide bonds. The van der Waals surface area contributed by atoms with Crippen molar-refractivity contribution < 1.29 is 5.11 Å². The van der Waals surface area contributed by atoms with Gasteiger partial charge in [0.2, 0.25) is 0 Å². The topological polar surface area (TPSA) is 36.4 Å². The van der Waals surface area contributed by atoms with Gasteiger partial charge in [-0.1, -0.05) is 18.2 Å². The van der Waals surface area contributed by atoms with Gasteiger partial charge >= 0.3 is 0 Å². The summed E-state index contributed by atoms with van der Waals surface area (Å²) in [6.07, 6.45) is 1.79. The van der Waals surface area contributed by atoms with Crippen LogP contribution in [0.2, 0.25) is 0 Å². The molecule has 0 radical (unpaired) electrons. The van der Waals surface area contributed by atoms with Gasteiger partial charge in [0.1, 0.15) is 0 Å². The van der Waals surface area contributed by atoms with E-state index in [1.807, 2.05) is 42.3 Å². The number of hydrogen-bond acceptors (Lipinski definition) is 3. The summed E-state index contributed by atoms with van der Waals surface area (Å²) < 4.78 is 0. The number of pyridine rings is 1. The van der Waals surface area contributed by atoms with E-state index in [0.29, 0.717) is 6.54 Å². The fraction of sp³-hybridized carbons (Fsp3) is 0.250. The van der Waals surface area contributed by atoms with Crippen LogP contribution in [0, 0.1) is 0 Å². The molecule has 0 spiro atoms. The second kappa shape index (κ2) is 4.28. The largest absolute Gasteiger partial charge is 0.395 e. The molecule has 0 saturated heterocycles. The number of benzene rings is 1. The monoisotopic (exact) mass is 202 g/mol. The molecule has 1 N–H and O–H groups in total. The predicted octanol–water partition coefficient (Wildman–Crippen LogP) is 1.66. The van der Waals surface area contributed by atoms with Gasteiger partial charge in [-0.25, -0.2) is 0 Å². The first-order valence-corrected chi connectivity index (χ1v) is 4.98. The highest BCUT2D eigenvalue weighted by atomic mass is 16.3. The Morgan fingerprint density at radius 3 is 2.87 bits per heavy atom. The first-order chi connectivity index (χ1) is 7.33. The van der Waals surface area contributed by atoms with Crippen molar-refractivity contribution in [2.75, 3.05) is 25.1 Å². The Labute approximate surface area is 89.0 Å². The van der Waals surface area contributed by atoms with Gasteiger partial charge in [0, 0.05) is 25.2 Å². The number of hydrogen-bond donors (Lipinski definition) is 1. The molecule has 0 fully saturated rings. The zero-order valence-corrected chi connectivity index (χ0v) is 8.72. The van der Waals surface area contributed by atoms with Crippen LogP contribution in [0.25, 0.3) is 10.9 Å². The van der Waals surface area contributed by atoms with Crippen LogP contribution in [0.15, 0.2) is 36.5 Å². The van der Waals surface area contributed by atoms with Gasteiger partial charge in [-0.2, -0.15) is 0 Å². The Balaban J connectivity index is 2.50. The third-order valence-corrected chi connectivity index (χ3v) is 2.46. The molecule has 1 aromatic carbocycles. The summed E-state index contributed by atoms with van der Waals surface area (Å²) in [6.45, 7) is 0.773. The van der Waals surface area contributed by atoms with Gasteiger partial charge < -0.3 is 10.0 Å². The van der Waals surface area contributed by atoms with Gasteiger partial charge in [-0.3, -0.25) is 4.98 Å². The van der Waals surface area contributed by atoms with Crippen LogP contribution in [-0.2, 0) is 0 Å². The van der Waals surface area contributed by atoms with Crippen molar-refractivity contribution in [2.45, 2.75) is 0 Å². The molecule has 3 nitrogen and oxygen atoms in total. The Morgan fingerprint density at radius 2 is 2.07 bits per heavy atom. The second-order valence-electron chi connectivity index (χ2n) is 3.50. The summed E-state index contributed by atoms with van der Waals surface area (Å²) in [7, 11) is 1.96. The van der Waals surface area contributed by atoms with Crippen LogP contribution in [0.5, 0.6) is 0 Å². The Bertz CT molecular complexity index is 451. The van der Waals surface area contributed by atoms with Crippen molar-refractivity contribution in [1.29, 1.82) is 0 Å². The van der Waals surface area contributed by atoms with E-state index in [2.05, 4.69) is 4.98 Å². The number of nitrogens with zero attached hydrogens (tertiary/aromatic N) is 2. The first-order valence-electron chi connectivity index (χ1n) is 4.98. The van der Waals surface area contributed by atoms with Crippen LogP contribution in [0.1, 0.15) is 0 Å². The molecule has 0 saturated carbocycles. The predicted molar refractivity (Wildman–Crippen MR) is 62.1 cm³/mol. The average molecular weight is 202 g/mol. The third-order valence-electron chi connectivity index (χ3n) is 2.46. The van der Waals surface area contributed by atoms with Gasteiger partial charge in [0.15, 0.2) is 0 Å². The lowest BCUT2D eigenvalue weighted by atomic mass is 10.2. The quantitative estimate of drug-likeness (QED) is 0.822. The fourth-order valence-corrected chi connectivity index (χ4v) is 1.67. The summed E-state index contributed by atoms with van der Waals surface area (Å²) in [4.78, 5) is 6.37. The molecule has 0 aliphatic rings. The normalized spacial score (nSPS) is 10.5. The van der Waals surface area contributed by atoms with E-state index < -0.39 is 0 Å². The van der Waals surface area contributed by atoms with Gasteiger partial charge in [0.05, 0.1) is 17.8 Å². The summed E-state index contributed by atoms with van der Waals surface area (Å²) >= 11 is 0. The number of aromatic nitrogens is 1. The second-order valence-corrected chi connectivity index (χ2v) is 3.50. The zero-order valence-electron chi connectivity index (χ0n) is 8.72. The summed E-state index contributed by atoms with van der Waals surface area (Å²) in [5, 5.41) is 10.0. The summed E-state index contributed by atoms with van der Waals surface area (Å²) in [6, 6.07) is 10.0. The number of aliphatic hydroxyl groups excluding tert-OH is 1. The highest BCUT2D eigenvalue weighted by molar-refractivity contribution is 5.90. The number of likely N-dealkylation sites (N-methyl/N-ethyl adjacent to an activating group) is 1. The molecule has 0 unspecified atom stereocenters. The molecule has 78 valence electrons. The maximum Gasteiger partial charge on any atom is 0.0935 e. The lowest BCUT2D eigenvalue weighted by molar-refractivity contribution is 0.304. The Hall–Kier alpha value is -1.61. The lowest BCUT2D eigenvalue weighted by Crippen LogP contribution is -2.21. The maximum atomic E-state index is 8.91. The van der Waals surface area contributed by atoms with Crippen molar-refractivity contribution in [3.05, 3.63) is 36.5 Å². The first kappa shape index (κ1) is 9.93. The molecule has 0 bridgehead atoms. The summed E-state index contributed by atoms with van der Waals surface area (Å²) in [5.74, 6) is 0. The molecule has 0 aliphatic carbocycles. The van der Waals surface area contributed by atoms with E-state index in [-0.39, 0.29) is 6.61 Å². The van der Waals surface area contributed by atoms with E-state index in [0.717, 1.165) is 16.6 Å². The van der Waals surface area contributed by atoms with Crippen molar-refractivity contribution in [3.8, 4) is 0 Å². The maximum absolute atomic E-state index is 8.91. The Morgan fingerprint density at radius 1 is 1.27 bits per heavy atom. The molecule has 3 heteroatoms. The molecular weight excluding hydrogens is 188 g/mol. The number of fused-ring (bicyclic) bond motifs is 1. The molecule has 0 atom stereocenters. The third kappa shape index (κ3) is 1.92. The van der Waals surface area contributed by atoms with E-state index >= 15 is 0 Å². The van der Waals surface area contributed by atoms with E-state index in [1.54, 1.807) is 6.20 Å². The number of para-hydroxylation sites is 1. The number of rotatable bonds is 3. The molecule has 1 aromatic heterocycles. The van der Waals surface area contributed by atoms with Crippen LogP contribution in [-0.4, -0.2) is 30.3 Å². The van der Waals surface area contributed by atoms with Crippen LogP contribution >= 0.6 is 0 Å². The smallest absolute Gasteiger partial charge is 0.0935 e. The van der Waals surface area contributed by atoms with Crippen LogP contribution < -0.4 is 4.90 Å². The van der Waals surface area contributed by atoms with E-state index in [1.165, 1.54) is 0 Å². The van der Waals surface area contributed by atoms with Crippen molar-refractivity contribution in [1.82, 2.24) is 4.98 Å². The van der Waals surface area contributed by atoms with Crippen LogP contribution in [0.3, 0.4) is 0 Å². The fourth-order valence-electron chi connectivity index (χ4n) is 1.67. The number of anilines is 1. The molecule has 15 heavy (non-hydrogen) atoms. The van der Waals surface area contributed by atoms with Crippen molar-refractivity contribution in [3.63, 3.8) is 0 Å². The lowest BCUT2D eigenvalue weighted by Gasteiger charge is -2.19. The molecule has 0 aliphatic heterocycles. The van der Waals surface area contributed by atoms with E-state index in [4.69, 9.17) is 5.11 Å². The van der Waals surface area contributed by atoms with Gasteiger partial charge in [-0.15, -0.1) is 0 Å². The molecular formula is C12H14N2O. The van der Waals surface area contributed by atoms with Crippen molar-refractivity contribution in [2.24, 2.45) is 0 Å². The van der Waals surface area contributed by atoms with E-state index in [9.17, 15) is 0 Å². The minimum absolute atomic E-state index is 0.153.